The Kier molecular flexibility index (Phi) is 4.51. The van der Waals surface area contributed by atoms with Gasteiger partial charge >= 0.3 is 0 Å². The predicted octanol–water partition coefficient (Wildman–Crippen LogP) is 3.52. The third-order valence-electron chi connectivity index (χ3n) is 3.48. The first-order valence-electron chi connectivity index (χ1n) is 7.13. The van der Waals surface area contributed by atoms with Crippen molar-refractivity contribution in [1.29, 1.82) is 0 Å². The van der Waals surface area contributed by atoms with Gasteiger partial charge in [0.1, 0.15) is 11.6 Å². The van der Waals surface area contributed by atoms with Crippen LogP contribution in [-0.2, 0) is 13.1 Å². The first kappa shape index (κ1) is 14.8. The third kappa shape index (κ3) is 3.35. The molecule has 0 spiro atoms. The molecule has 0 aliphatic heterocycles. The second-order valence-corrected chi connectivity index (χ2v) is 5.47. The Hall–Kier alpha value is -2.17. The van der Waals surface area contributed by atoms with Crippen molar-refractivity contribution in [2.75, 3.05) is 0 Å². The van der Waals surface area contributed by atoms with Gasteiger partial charge in [0.05, 0.1) is 0 Å². The molecule has 0 aliphatic rings. The Morgan fingerprint density at radius 3 is 2.64 bits per heavy atom. The van der Waals surface area contributed by atoms with Crippen molar-refractivity contribution < 1.29 is 0 Å². The maximum Gasteiger partial charge on any atom is 0.137 e. The van der Waals surface area contributed by atoms with Gasteiger partial charge in [0, 0.05) is 36.7 Å². The molecule has 0 aliphatic carbocycles. The molecule has 0 fully saturated rings. The third-order valence-corrected chi connectivity index (χ3v) is 3.85. The molecule has 4 nitrogen and oxygen atoms in total. The number of pyridine rings is 1. The van der Waals surface area contributed by atoms with Crippen LogP contribution >= 0.6 is 11.6 Å². The molecule has 0 saturated heterocycles. The SMILES string of the molecule is Cc1nccn1-c1ccc(CNCc2ccccc2Cl)cn1. The van der Waals surface area contributed by atoms with E-state index in [-0.39, 0.29) is 0 Å². The van der Waals surface area contributed by atoms with Crippen LogP contribution in [0.15, 0.2) is 55.0 Å². The normalized spacial score (nSPS) is 10.8. The molecule has 112 valence electrons. The van der Waals surface area contributed by atoms with Crippen LogP contribution in [0.25, 0.3) is 5.82 Å². The molecule has 0 saturated carbocycles. The van der Waals surface area contributed by atoms with Gasteiger partial charge in [-0.2, -0.15) is 0 Å². The lowest BCUT2D eigenvalue weighted by Crippen LogP contribution is -2.13. The summed E-state index contributed by atoms with van der Waals surface area (Å²) in [7, 11) is 0. The fourth-order valence-electron chi connectivity index (χ4n) is 2.27. The molecule has 3 rings (SSSR count). The molecule has 2 heterocycles. The second-order valence-electron chi connectivity index (χ2n) is 5.06. The predicted molar refractivity (Wildman–Crippen MR) is 88.1 cm³/mol. The molecule has 0 bridgehead atoms. The lowest BCUT2D eigenvalue weighted by molar-refractivity contribution is 0.691. The topological polar surface area (TPSA) is 42.7 Å². The number of benzene rings is 1. The first-order chi connectivity index (χ1) is 10.7. The number of aryl methyl sites for hydroxylation is 1. The summed E-state index contributed by atoms with van der Waals surface area (Å²) in [5.41, 5.74) is 2.23. The van der Waals surface area contributed by atoms with Crippen LogP contribution in [0.4, 0.5) is 0 Å². The highest BCUT2D eigenvalue weighted by molar-refractivity contribution is 6.31. The zero-order valence-corrected chi connectivity index (χ0v) is 13.1. The molecular formula is C17H17ClN4. The van der Waals surface area contributed by atoms with Gasteiger partial charge in [0.25, 0.3) is 0 Å². The van der Waals surface area contributed by atoms with Crippen molar-refractivity contribution in [2.45, 2.75) is 20.0 Å². The second kappa shape index (κ2) is 6.73. The van der Waals surface area contributed by atoms with Crippen molar-refractivity contribution in [2.24, 2.45) is 0 Å². The minimum absolute atomic E-state index is 0.738. The highest BCUT2D eigenvalue weighted by Gasteiger charge is 2.02. The molecule has 22 heavy (non-hydrogen) atoms. The van der Waals surface area contributed by atoms with Crippen molar-refractivity contribution in [3.63, 3.8) is 0 Å². The van der Waals surface area contributed by atoms with E-state index >= 15 is 0 Å². The van der Waals surface area contributed by atoms with Gasteiger partial charge in [-0.1, -0.05) is 35.9 Å². The minimum Gasteiger partial charge on any atom is -0.309 e. The van der Waals surface area contributed by atoms with E-state index in [1.165, 1.54) is 0 Å². The number of hydrogen-bond donors (Lipinski definition) is 1. The molecule has 1 N–H and O–H groups in total. The number of nitrogens with one attached hydrogen (secondary N) is 1. The van der Waals surface area contributed by atoms with Crippen molar-refractivity contribution in [3.8, 4) is 5.82 Å². The van der Waals surface area contributed by atoms with Gasteiger partial charge in [-0.25, -0.2) is 9.97 Å². The zero-order chi connectivity index (χ0) is 15.4. The number of hydrogen-bond acceptors (Lipinski definition) is 3. The van der Waals surface area contributed by atoms with E-state index in [4.69, 9.17) is 11.6 Å². The Morgan fingerprint density at radius 2 is 1.95 bits per heavy atom. The smallest absolute Gasteiger partial charge is 0.137 e. The zero-order valence-electron chi connectivity index (χ0n) is 12.3. The van der Waals surface area contributed by atoms with Crippen LogP contribution < -0.4 is 5.32 Å². The van der Waals surface area contributed by atoms with Crippen LogP contribution in [0.2, 0.25) is 5.02 Å². The summed E-state index contributed by atoms with van der Waals surface area (Å²) in [6, 6.07) is 11.9. The van der Waals surface area contributed by atoms with Crippen LogP contribution in [0.1, 0.15) is 17.0 Å². The summed E-state index contributed by atoms with van der Waals surface area (Å²) < 4.78 is 1.96. The lowest BCUT2D eigenvalue weighted by atomic mass is 10.2. The van der Waals surface area contributed by atoms with Crippen molar-refractivity contribution in [1.82, 2.24) is 19.9 Å². The molecule has 3 aromatic rings. The largest absolute Gasteiger partial charge is 0.309 e. The molecule has 0 radical (unpaired) electrons. The summed E-state index contributed by atoms with van der Waals surface area (Å²) in [5.74, 6) is 1.81. The van der Waals surface area contributed by atoms with Gasteiger partial charge < -0.3 is 5.32 Å². The molecule has 2 aromatic heterocycles. The number of aromatic nitrogens is 3. The Balaban J connectivity index is 1.60. The number of rotatable bonds is 5. The molecule has 0 atom stereocenters. The Morgan fingerprint density at radius 1 is 1.09 bits per heavy atom. The fourth-order valence-corrected chi connectivity index (χ4v) is 2.47. The molecule has 1 aromatic carbocycles. The highest BCUT2D eigenvalue weighted by atomic mass is 35.5. The minimum atomic E-state index is 0.738. The molecule has 0 unspecified atom stereocenters. The van der Waals surface area contributed by atoms with Gasteiger partial charge in [0.2, 0.25) is 0 Å². The van der Waals surface area contributed by atoms with Crippen LogP contribution in [0.5, 0.6) is 0 Å². The van der Waals surface area contributed by atoms with Gasteiger partial charge in [-0.05, 0) is 30.2 Å². The van der Waals surface area contributed by atoms with Gasteiger partial charge in [0.15, 0.2) is 0 Å². The van der Waals surface area contributed by atoms with Crippen molar-refractivity contribution in [3.05, 3.63) is 77.0 Å². The van der Waals surface area contributed by atoms with Crippen molar-refractivity contribution >= 4 is 11.6 Å². The standard InChI is InChI=1S/C17H17ClN4/c1-13-20-8-9-22(13)17-7-6-14(11-21-17)10-19-12-15-4-2-3-5-16(15)18/h2-9,11,19H,10,12H2,1H3. The van der Waals surface area contributed by atoms with Crippen LogP contribution in [0.3, 0.4) is 0 Å². The fraction of sp³-hybridized carbons (Fsp3) is 0.176. The van der Waals surface area contributed by atoms with E-state index in [2.05, 4.69) is 21.4 Å². The summed E-state index contributed by atoms with van der Waals surface area (Å²) in [4.78, 5) is 8.69. The van der Waals surface area contributed by atoms with Crippen LogP contribution in [-0.4, -0.2) is 14.5 Å². The molecule has 0 amide bonds. The average molecular weight is 313 g/mol. The number of nitrogens with zero attached hydrogens (tertiary/aromatic N) is 3. The Labute approximate surface area is 134 Å². The maximum atomic E-state index is 6.14. The molecular weight excluding hydrogens is 296 g/mol. The Bertz CT molecular complexity index is 749. The first-order valence-corrected chi connectivity index (χ1v) is 7.51. The van der Waals surface area contributed by atoms with E-state index in [9.17, 15) is 0 Å². The lowest BCUT2D eigenvalue weighted by Gasteiger charge is -2.08. The van der Waals surface area contributed by atoms with E-state index in [0.717, 1.165) is 40.9 Å². The van der Waals surface area contributed by atoms with Gasteiger partial charge in [-0.15, -0.1) is 0 Å². The van der Waals surface area contributed by atoms with Gasteiger partial charge in [-0.3, -0.25) is 4.57 Å². The van der Waals surface area contributed by atoms with E-state index in [0.29, 0.717) is 0 Å². The summed E-state index contributed by atoms with van der Waals surface area (Å²) in [6.45, 7) is 3.45. The highest BCUT2D eigenvalue weighted by Crippen LogP contribution is 2.14. The van der Waals surface area contributed by atoms with E-state index in [1.54, 1.807) is 6.20 Å². The summed E-state index contributed by atoms with van der Waals surface area (Å²) in [5, 5.41) is 4.17. The van der Waals surface area contributed by atoms with E-state index in [1.807, 2.05) is 54.2 Å². The average Bonchev–Trinajstić information content (AvgIpc) is 2.96. The van der Waals surface area contributed by atoms with E-state index < -0.39 is 0 Å². The number of imidazole rings is 1. The maximum absolute atomic E-state index is 6.14. The summed E-state index contributed by atoms with van der Waals surface area (Å²) >= 11 is 6.14. The molecule has 5 heteroatoms. The summed E-state index contributed by atoms with van der Waals surface area (Å²) in [6.07, 6.45) is 5.57. The quantitative estimate of drug-likeness (QED) is 0.784. The van der Waals surface area contributed by atoms with Crippen LogP contribution in [0, 0.1) is 6.92 Å². The number of halogens is 1. The monoisotopic (exact) mass is 312 g/mol.